The predicted molar refractivity (Wildman–Crippen MR) is 57.9 cm³/mol. The molecule has 0 atom stereocenters. The molecule has 7 heteroatoms. The molecule has 16 heavy (non-hydrogen) atoms. The van der Waals surface area contributed by atoms with E-state index in [4.69, 9.17) is 9.84 Å². The van der Waals surface area contributed by atoms with Crippen LogP contribution in [0.2, 0.25) is 0 Å². The van der Waals surface area contributed by atoms with Gasteiger partial charge in [-0.3, -0.25) is 0 Å². The zero-order valence-corrected chi connectivity index (χ0v) is 9.03. The maximum atomic E-state index is 13.2. The van der Waals surface area contributed by atoms with Gasteiger partial charge < -0.3 is 20.5 Å². The predicted octanol–water partition coefficient (Wildman–Crippen LogP) is 0.0782. The molecule has 1 aromatic heterocycles. The highest BCUT2D eigenvalue weighted by molar-refractivity contribution is 5.40. The van der Waals surface area contributed by atoms with Gasteiger partial charge in [-0.2, -0.15) is 4.98 Å². The van der Waals surface area contributed by atoms with Crippen LogP contribution in [0.15, 0.2) is 6.20 Å². The van der Waals surface area contributed by atoms with Gasteiger partial charge in [0.15, 0.2) is 11.6 Å². The molecular formula is C9H15FN4O2. The Bertz CT molecular complexity index is 324. The molecule has 0 unspecified atom stereocenters. The summed E-state index contributed by atoms with van der Waals surface area (Å²) in [6.07, 6.45) is 1.09. The van der Waals surface area contributed by atoms with Crippen LogP contribution in [0.5, 0.6) is 0 Å². The van der Waals surface area contributed by atoms with Crippen molar-refractivity contribution in [3.05, 3.63) is 12.0 Å². The molecule has 0 amide bonds. The van der Waals surface area contributed by atoms with Gasteiger partial charge in [0.1, 0.15) is 0 Å². The summed E-state index contributed by atoms with van der Waals surface area (Å²) in [5, 5.41) is 13.9. The summed E-state index contributed by atoms with van der Waals surface area (Å²) in [5.41, 5.74) is 0. The molecule has 0 aliphatic carbocycles. The van der Waals surface area contributed by atoms with E-state index in [-0.39, 0.29) is 19.0 Å². The number of ether oxygens (including phenoxy) is 1. The van der Waals surface area contributed by atoms with Crippen LogP contribution in [-0.4, -0.2) is 48.5 Å². The SMILES string of the molecule is CNc1ncc(F)c(NCCOCCO)n1. The first-order valence-electron chi connectivity index (χ1n) is 4.90. The van der Waals surface area contributed by atoms with Crippen molar-refractivity contribution in [1.82, 2.24) is 9.97 Å². The minimum absolute atomic E-state index is 0.0221. The summed E-state index contributed by atoms with van der Waals surface area (Å²) in [6.45, 7) is 1.04. The number of anilines is 2. The standard InChI is InChI=1S/C9H15FN4O2/c1-11-9-13-6-7(10)8(14-9)12-2-4-16-5-3-15/h6,15H,2-5H2,1H3,(H2,11,12,13,14). The lowest BCUT2D eigenvalue weighted by atomic mass is 10.5. The van der Waals surface area contributed by atoms with Crippen molar-refractivity contribution in [2.75, 3.05) is 44.0 Å². The Morgan fingerprint density at radius 2 is 2.31 bits per heavy atom. The molecule has 0 fully saturated rings. The van der Waals surface area contributed by atoms with Crippen molar-refractivity contribution in [1.29, 1.82) is 0 Å². The first-order chi connectivity index (χ1) is 7.77. The third-order valence-electron chi connectivity index (χ3n) is 1.74. The third-order valence-corrected chi connectivity index (χ3v) is 1.74. The summed E-state index contributed by atoms with van der Waals surface area (Å²) >= 11 is 0. The van der Waals surface area contributed by atoms with E-state index < -0.39 is 5.82 Å². The van der Waals surface area contributed by atoms with Crippen LogP contribution in [0, 0.1) is 5.82 Å². The van der Waals surface area contributed by atoms with Crippen molar-refractivity contribution < 1.29 is 14.2 Å². The van der Waals surface area contributed by atoms with Crippen molar-refractivity contribution in [3.8, 4) is 0 Å². The number of rotatable bonds is 7. The second kappa shape index (κ2) is 6.91. The zero-order chi connectivity index (χ0) is 11.8. The van der Waals surface area contributed by atoms with Crippen LogP contribution in [-0.2, 0) is 4.74 Å². The van der Waals surface area contributed by atoms with Gasteiger partial charge in [-0.05, 0) is 0 Å². The number of hydrogen-bond donors (Lipinski definition) is 3. The van der Waals surface area contributed by atoms with Crippen LogP contribution in [0.1, 0.15) is 0 Å². The molecule has 0 aliphatic heterocycles. The van der Waals surface area contributed by atoms with E-state index in [9.17, 15) is 4.39 Å². The molecule has 90 valence electrons. The Balaban J connectivity index is 2.40. The Morgan fingerprint density at radius 3 is 3.00 bits per heavy atom. The molecule has 3 N–H and O–H groups in total. The van der Waals surface area contributed by atoms with Crippen molar-refractivity contribution >= 4 is 11.8 Å². The molecule has 1 rings (SSSR count). The van der Waals surface area contributed by atoms with Crippen LogP contribution in [0.3, 0.4) is 0 Å². The highest BCUT2D eigenvalue weighted by Gasteiger charge is 2.04. The molecule has 0 aliphatic rings. The van der Waals surface area contributed by atoms with Crippen molar-refractivity contribution in [2.24, 2.45) is 0 Å². The molecule has 1 heterocycles. The fraction of sp³-hybridized carbons (Fsp3) is 0.556. The molecule has 1 aromatic rings. The quantitative estimate of drug-likeness (QED) is 0.576. The number of halogens is 1. The van der Waals surface area contributed by atoms with Crippen LogP contribution < -0.4 is 10.6 Å². The first-order valence-corrected chi connectivity index (χ1v) is 4.90. The average Bonchev–Trinajstić information content (AvgIpc) is 2.31. The molecule has 0 radical (unpaired) electrons. The number of aliphatic hydroxyl groups excluding tert-OH is 1. The summed E-state index contributed by atoms with van der Waals surface area (Å²) < 4.78 is 18.2. The van der Waals surface area contributed by atoms with E-state index in [2.05, 4.69) is 20.6 Å². The van der Waals surface area contributed by atoms with E-state index in [1.165, 1.54) is 0 Å². The number of aromatic nitrogens is 2. The lowest BCUT2D eigenvalue weighted by Crippen LogP contribution is -2.14. The molecule has 6 nitrogen and oxygen atoms in total. The summed E-state index contributed by atoms with van der Waals surface area (Å²) in [4.78, 5) is 7.61. The maximum Gasteiger partial charge on any atom is 0.224 e. The minimum atomic E-state index is -0.513. The van der Waals surface area contributed by atoms with E-state index in [1.807, 2.05) is 0 Å². The second-order valence-corrected chi connectivity index (χ2v) is 2.90. The lowest BCUT2D eigenvalue weighted by Gasteiger charge is -2.07. The topological polar surface area (TPSA) is 79.3 Å². The van der Waals surface area contributed by atoms with Crippen LogP contribution in [0.25, 0.3) is 0 Å². The Hall–Kier alpha value is -1.47. The Morgan fingerprint density at radius 1 is 1.50 bits per heavy atom. The Kier molecular flexibility index (Phi) is 5.44. The maximum absolute atomic E-state index is 13.2. The second-order valence-electron chi connectivity index (χ2n) is 2.90. The summed E-state index contributed by atoms with van der Waals surface area (Å²) in [6, 6.07) is 0. The van der Waals surface area contributed by atoms with Gasteiger partial charge in [-0.15, -0.1) is 0 Å². The number of nitrogens with one attached hydrogen (secondary N) is 2. The number of aliphatic hydroxyl groups is 1. The average molecular weight is 230 g/mol. The number of nitrogens with zero attached hydrogens (tertiary/aromatic N) is 2. The van der Waals surface area contributed by atoms with Gasteiger partial charge in [-0.25, -0.2) is 9.37 Å². The minimum Gasteiger partial charge on any atom is -0.394 e. The highest BCUT2D eigenvalue weighted by Crippen LogP contribution is 2.10. The van der Waals surface area contributed by atoms with Crippen LogP contribution in [0.4, 0.5) is 16.2 Å². The van der Waals surface area contributed by atoms with E-state index in [1.54, 1.807) is 7.05 Å². The van der Waals surface area contributed by atoms with Crippen molar-refractivity contribution in [3.63, 3.8) is 0 Å². The summed E-state index contributed by atoms with van der Waals surface area (Å²) in [7, 11) is 1.65. The van der Waals surface area contributed by atoms with E-state index in [0.29, 0.717) is 19.1 Å². The molecule has 0 saturated carbocycles. The van der Waals surface area contributed by atoms with Crippen molar-refractivity contribution in [2.45, 2.75) is 0 Å². The molecule has 0 aromatic carbocycles. The molecule has 0 bridgehead atoms. The van der Waals surface area contributed by atoms with E-state index in [0.717, 1.165) is 6.20 Å². The fourth-order valence-corrected chi connectivity index (χ4v) is 1.02. The molecule has 0 spiro atoms. The van der Waals surface area contributed by atoms with Gasteiger partial charge >= 0.3 is 0 Å². The van der Waals surface area contributed by atoms with E-state index >= 15 is 0 Å². The smallest absolute Gasteiger partial charge is 0.224 e. The zero-order valence-electron chi connectivity index (χ0n) is 9.03. The first kappa shape index (κ1) is 12.6. The van der Waals surface area contributed by atoms with Gasteiger partial charge in [-0.1, -0.05) is 0 Å². The number of hydrogen-bond acceptors (Lipinski definition) is 6. The monoisotopic (exact) mass is 230 g/mol. The summed E-state index contributed by atoms with van der Waals surface area (Å²) in [5.74, 6) is -0.0340. The van der Waals surface area contributed by atoms with Gasteiger partial charge in [0, 0.05) is 13.6 Å². The lowest BCUT2D eigenvalue weighted by molar-refractivity contribution is 0.0991. The molecular weight excluding hydrogens is 215 g/mol. The highest BCUT2D eigenvalue weighted by atomic mass is 19.1. The van der Waals surface area contributed by atoms with Gasteiger partial charge in [0.25, 0.3) is 0 Å². The third kappa shape index (κ3) is 3.95. The largest absolute Gasteiger partial charge is 0.394 e. The normalized spacial score (nSPS) is 10.2. The fourth-order valence-electron chi connectivity index (χ4n) is 1.02. The Labute approximate surface area is 92.9 Å². The van der Waals surface area contributed by atoms with Gasteiger partial charge in [0.05, 0.1) is 26.0 Å². The molecule has 0 saturated heterocycles. The van der Waals surface area contributed by atoms with Gasteiger partial charge in [0.2, 0.25) is 5.95 Å². The van der Waals surface area contributed by atoms with Crippen LogP contribution >= 0.6 is 0 Å².